The van der Waals surface area contributed by atoms with Crippen molar-refractivity contribution >= 4 is 17.0 Å². The fourth-order valence-electron chi connectivity index (χ4n) is 3.77. The van der Waals surface area contributed by atoms with Crippen molar-refractivity contribution < 1.29 is 0 Å². The molecule has 0 aromatic carbocycles. The van der Waals surface area contributed by atoms with Crippen LogP contribution in [0.4, 0.5) is 5.82 Å². The molecule has 4 rings (SSSR count). The Labute approximate surface area is 105 Å². The Balaban J connectivity index is 1.83. The lowest BCUT2D eigenvalue weighted by Gasteiger charge is -2.20. The van der Waals surface area contributed by atoms with Crippen molar-refractivity contribution in [2.24, 2.45) is 18.9 Å². The van der Waals surface area contributed by atoms with Crippen molar-refractivity contribution in [1.82, 2.24) is 19.5 Å². The number of aryl methyl sites for hydroxylation is 1. The number of imidazole rings is 1. The van der Waals surface area contributed by atoms with Crippen molar-refractivity contribution in [2.75, 3.05) is 5.73 Å². The normalized spacial score (nSPS) is 30.4. The molecule has 2 fully saturated rings. The highest BCUT2D eigenvalue weighted by Crippen LogP contribution is 2.52. The number of hydrogen-bond donors (Lipinski definition) is 1. The molecule has 0 spiro atoms. The van der Waals surface area contributed by atoms with E-state index in [1.807, 2.05) is 11.6 Å². The molecule has 2 saturated carbocycles. The molecular formula is C13H17N5. The summed E-state index contributed by atoms with van der Waals surface area (Å²) in [6, 6.07) is 0. The van der Waals surface area contributed by atoms with Gasteiger partial charge in [0.15, 0.2) is 11.5 Å². The Morgan fingerprint density at radius 1 is 1.28 bits per heavy atom. The van der Waals surface area contributed by atoms with Crippen molar-refractivity contribution in [3.63, 3.8) is 0 Å². The van der Waals surface area contributed by atoms with Crippen LogP contribution in [0.2, 0.25) is 0 Å². The SMILES string of the molecule is Cn1cnc2c(N)nc(C3CC4CCC3C4)nc21. The smallest absolute Gasteiger partial charge is 0.165 e. The van der Waals surface area contributed by atoms with E-state index >= 15 is 0 Å². The van der Waals surface area contributed by atoms with E-state index in [0.29, 0.717) is 11.7 Å². The zero-order valence-electron chi connectivity index (χ0n) is 10.5. The average Bonchev–Trinajstić information content (AvgIpc) is 3.05. The van der Waals surface area contributed by atoms with Gasteiger partial charge >= 0.3 is 0 Å². The van der Waals surface area contributed by atoms with Crippen LogP contribution in [0.3, 0.4) is 0 Å². The minimum absolute atomic E-state index is 0.519. The van der Waals surface area contributed by atoms with Gasteiger partial charge in [0.1, 0.15) is 11.3 Å². The molecular weight excluding hydrogens is 226 g/mol. The van der Waals surface area contributed by atoms with Gasteiger partial charge in [-0.25, -0.2) is 15.0 Å². The number of hydrogen-bond acceptors (Lipinski definition) is 4. The maximum atomic E-state index is 6.01. The quantitative estimate of drug-likeness (QED) is 0.829. The van der Waals surface area contributed by atoms with Crippen LogP contribution < -0.4 is 5.73 Å². The van der Waals surface area contributed by atoms with E-state index in [0.717, 1.165) is 28.8 Å². The van der Waals surface area contributed by atoms with Gasteiger partial charge in [0, 0.05) is 13.0 Å². The van der Waals surface area contributed by atoms with Crippen molar-refractivity contribution in [3.05, 3.63) is 12.2 Å². The largest absolute Gasteiger partial charge is 0.382 e. The van der Waals surface area contributed by atoms with E-state index in [1.54, 1.807) is 6.33 Å². The minimum atomic E-state index is 0.519. The fraction of sp³-hybridized carbons (Fsp3) is 0.615. The summed E-state index contributed by atoms with van der Waals surface area (Å²) in [5.74, 6) is 3.66. The molecule has 5 nitrogen and oxygen atoms in total. The lowest BCUT2D eigenvalue weighted by molar-refractivity contribution is 0.406. The summed E-state index contributed by atoms with van der Waals surface area (Å²) in [6.07, 6.45) is 7.08. The molecule has 0 radical (unpaired) electrons. The molecule has 2 aliphatic rings. The number of rotatable bonds is 1. The Bertz CT molecular complexity index is 617. The predicted octanol–water partition coefficient (Wildman–Crippen LogP) is 1.85. The first-order valence-corrected chi connectivity index (χ1v) is 6.67. The zero-order chi connectivity index (χ0) is 12.3. The van der Waals surface area contributed by atoms with Gasteiger partial charge in [-0.2, -0.15) is 0 Å². The van der Waals surface area contributed by atoms with Crippen LogP contribution in [0.1, 0.15) is 37.4 Å². The molecule has 2 heterocycles. The Hall–Kier alpha value is -1.65. The standard InChI is InChI=1S/C13H17N5/c1-18-6-15-10-11(14)16-12(17-13(10)18)9-5-7-2-3-8(9)4-7/h6-9H,2-5H2,1H3,(H2,14,16,17). The molecule has 18 heavy (non-hydrogen) atoms. The van der Waals surface area contributed by atoms with Crippen LogP contribution in [0.15, 0.2) is 6.33 Å². The summed E-state index contributed by atoms with van der Waals surface area (Å²) in [4.78, 5) is 13.5. The summed E-state index contributed by atoms with van der Waals surface area (Å²) < 4.78 is 1.92. The van der Waals surface area contributed by atoms with Crippen LogP contribution in [-0.4, -0.2) is 19.5 Å². The Morgan fingerprint density at radius 2 is 2.17 bits per heavy atom. The van der Waals surface area contributed by atoms with Gasteiger partial charge in [0.05, 0.1) is 6.33 Å². The molecule has 2 bridgehead atoms. The van der Waals surface area contributed by atoms with Crippen LogP contribution >= 0.6 is 0 Å². The molecule has 0 saturated heterocycles. The second kappa shape index (κ2) is 3.43. The Kier molecular flexibility index (Phi) is 1.96. The molecule has 3 atom stereocenters. The summed E-state index contributed by atoms with van der Waals surface area (Å²) in [6.45, 7) is 0. The fourth-order valence-corrected chi connectivity index (χ4v) is 3.77. The summed E-state index contributed by atoms with van der Waals surface area (Å²) in [7, 11) is 1.95. The average molecular weight is 243 g/mol. The van der Waals surface area contributed by atoms with Gasteiger partial charge < -0.3 is 10.3 Å². The zero-order valence-corrected chi connectivity index (χ0v) is 10.5. The summed E-state index contributed by atoms with van der Waals surface area (Å²) in [5, 5.41) is 0. The number of nitrogen functional groups attached to an aromatic ring is 1. The molecule has 0 aliphatic heterocycles. The predicted molar refractivity (Wildman–Crippen MR) is 68.9 cm³/mol. The second-order valence-corrected chi connectivity index (χ2v) is 5.78. The van der Waals surface area contributed by atoms with Crippen LogP contribution in [0.5, 0.6) is 0 Å². The van der Waals surface area contributed by atoms with Crippen molar-refractivity contribution in [3.8, 4) is 0 Å². The van der Waals surface area contributed by atoms with Gasteiger partial charge in [-0.05, 0) is 31.1 Å². The number of nitrogens with zero attached hydrogens (tertiary/aromatic N) is 4. The Morgan fingerprint density at radius 3 is 2.89 bits per heavy atom. The highest BCUT2D eigenvalue weighted by molar-refractivity contribution is 5.81. The first-order valence-electron chi connectivity index (χ1n) is 6.67. The van der Waals surface area contributed by atoms with E-state index in [2.05, 4.69) is 9.97 Å². The van der Waals surface area contributed by atoms with Crippen LogP contribution in [-0.2, 0) is 7.05 Å². The van der Waals surface area contributed by atoms with Gasteiger partial charge in [-0.3, -0.25) is 0 Å². The second-order valence-electron chi connectivity index (χ2n) is 5.78. The van der Waals surface area contributed by atoms with Gasteiger partial charge in [0.25, 0.3) is 0 Å². The number of anilines is 1. The lowest BCUT2D eigenvalue weighted by atomic mass is 9.88. The maximum Gasteiger partial charge on any atom is 0.165 e. The maximum absolute atomic E-state index is 6.01. The highest BCUT2D eigenvalue weighted by atomic mass is 15.1. The topological polar surface area (TPSA) is 69.6 Å². The first-order chi connectivity index (χ1) is 8.72. The van der Waals surface area contributed by atoms with Gasteiger partial charge in [-0.1, -0.05) is 6.42 Å². The van der Waals surface area contributed by atoms with Crippen molar-refractivity contribution in [1.29, 1.82) is 0 Å². The molecule has 2 aromatic heterocycles. The molecule has 5 heteroatoms. The molecule has 2 N–H and O–H groups in total. The van der Waals surface area contributed by atoms with E-state index in [9.17, 15) is 0 Å². The third-order valence-electron chi connectivity index (χ3n) is 4.67. The molecule has 0 amide bonds. The molecule has 3 unspecified atom stereocenters. The highest BCUT2D eigenvalue weighted by Gasteiger charge is 2.41. The molecule has 94 valence electrons. The van der Waals surface area contributed by atoms with Gasteiger partial charge in [0.2, 0.25) is 0 Å². The van der Waals surface area contributed by atoms with Gasteiger partial charge in [-0.15, -0.1) is 0 Å². The third kappa shape index (κ3) is 1.30. The summed E-state index contributed by atoms with van der Waals surface area (Å²) in [5.41, 5.74) is 7.60. The molecule has 2 aromatic rings. The lowest BCUT2D eigenvalue weighted by Crippen LogP contribution is -2.13. The number of aromatic nitrogens is 4. The van der Waals surface area contributed by atoms with Crippen LogP contribution in [0.25, 0.3) is 11.2 Å². The minimum Gasteiger partial charge on any atom is -0.382 e. The summed E-state index contributed by atoms with van der Waals surface area (Å²) >= 11 is 0. The van der Waals surface area contributed by atoms with Crippen molar-refractivity contribution in [2.45, 2.75) is 31.6 Å². The molecule has 2 aliphatic carbocycles. The van der Waals surface area contributed by atoms with E-state index < -0.39 is 0 Å². The third-order valence-corrected chi connectivity index (χ3v) is 4.67. The number of fused-ring (bicyclic) bond motifs is 3. The van der Waals surface area contributed by atoms with E-state index in [4.69, 9.17) is 10.7 Å². The van der Waals surface area contributed by atoms with E-state index in [-0.39, 0.29) is 0 Å². The van der Waals surface area contributed by atoms with Crippen LogP contribution in [0, 0.1) is 11.8 Å². The van der Waals surface area contributed by atoms with E-state index in [1.165, 1.54) is 25.7 Å². The number of nitrogens with two attached hydrogens (primary N) is 1. The first kappa shape index (κ1) is 10.3. The monoisotopic (exact) mass is 243 g/mol.